The zero-order chi connectivity index (χ0) is 21.8. The minimum Gasteiger partial charge on any atom is -0.481 e. The molecular weight excluding hydrogens is 392 g/mol. The first kappa shape index (κ1) is 21.3. The number of aryl methyl sites for hydroxylation is 1. The molecule has 1 aromatic carbocycles. The molecule has 6 nitrogen and oxygen atoms in total. The first-order chi connectivity index (χ1) is 15.0. The van der Waals surface area contributed by atoms with Crippen molar-refractivity contribution in [3.63, 3.8) is 0 Å². The summed E-state index contributed by atoms with van der Waals surface area (Å²) in [4.78, 5) is 29.3. The summed E-state index contributed by atoms with van der Waals surface area (Å²) in [5, 5.41) is 9.25. The SMILES string of the molecule is Cc1ccc(C=O)c(N2CCC(COc3cc(C(CC(=O)O)C4CC4)ccn3)CC2)c1. The Kier molecular flexibility index (Phi) is 6.54. The minimum atomic E-state index is -0.755. The van der Waals surface area contributed by atoms with Crippen LogP contribution in [0, 0.1) is 18.8 Å². The molecule has 2 aliphatic rings. The third-order valence-corrected chi connectivity index (χ3v) is 6.51. The van der Waals surface area contributed by atoms with Gasteiger partial charge >= 0.3 is 5.97 Å². The molecular formula is C25H30N2O4. The fourth-order valence-corrected chi connectivity index (χ4v) is 4.55. The number of pyridine rings is 1. The Bertz CT molecular complexity index is 933. The smallest absolute Gasteiger partial charge is 0.303 e. The third-order valence-electron chi connectivity index (χ3n) is 6.51. The van der Waals surface area contributed by atoms with E-state index in [1.165, 1.54) is 0 Å². The average Bonchev–Trinajstić information content (AvgIpc) is 3.62. The number of rotatable bonds is 9. The second-order valence-corrected chi connectivity index (χ2v) is 8.89. The van der Waals surface area contributed by atoms with E-state index in [-0.39, 0.29) is 12.3 Å². The van der Waals surface area contributed by atoms with Crippen molar-refractivity contribution in [2.24, 2.45) is 11.8 Å². The number of aromatic nitrogens is 1. The highest BCUT2D eigenvalue weighted by molar-refractivity contribution is 5.85. The van der Waals surface area contributed by atoms with Gasteiger partial charge in [-0.1, -0.05) is 6.07 Å². The quantitative estimate of drug-likeness (QED) is 0.601. The predicted molar refractivity (Wildman–Crippen MR) is 119 cm³/mol. The molecule has 164 valence electrons. The highest BCUT2D eigenvalue weighted by atomic mass is 16.5. The standard InChI is InChI=1S/C25H30N2O4/c1-17-2-3-21(15-28)23(12-17)27-10-7-18(8-11-27)16-31-24-13-20(6-9-26-24)22(14-25(29)30)19-4-5-19/h2-3,6,9,12-13,15,18-19,22H,4-5,7-8,10-11,14,16H2,1H3,(H,29,30). The summed E-state index contributed by atoms with van der Waals surface area (Å²) >= 11 is 0. The van der Waals surface area contributed by atoms with E-state index in [1.54, 1.807) is 6.20 Å². The van der Waals surface area contributed by atoms with Gasteiger partial charge in [-0.3, -0.25) is 9.59 Å². The summed E-state index contributed by atoms with van der Waals surface area (Å²) in [5.74, 6) is 0.776. The Hall–Kier alpha value is -2.89. The normalized spacial score (nSPS) is 17.9. The molecule has 6 heteroatoms. The predicted octanol–water partition coefficient (Wildman–Crippen LogP) is 4.47. The molecule has 31 heavy (non-hydrogen) atoms. The van der Waals surface area contributed by atoms with Crippen LogP contribution in [-0.2, 0) is 4.79 Å². The van der Waals surface area contributed by atoms with Gasteiger partial charge in [-0.2, -0.15) is 0 Å². The van der Waals surface area contributed by atoms with Gasteiger partial charge in [0.25, 0.3) is 0 Å². The molecule has 2 heterocycles. The number of anilines is 1. The van der Waals surface area contributed by atoms with Gasteiger partial charge in [-0.15, -0.1) is 0 Å². The lowest BCUT2D eigenvalue weighted by Crippen LogP contribution is -2.36. The van der Waals surface area contributed by atoms with E-state index in [1.807, 2.05) is 31.2 Å². The van der Waals surface area contributed by atoms with Crippen LogP contribution in [0.5, 0.6) is 5.88 Å². The molecule has 2 fully saturated rings. The van der Waals surface area contributed by atoms with Crippen LogP contribution in [-0.4, -0.2) is 42.0 Å². The molecule has 0 radical (unpaired) electrons. The minimum absolute atomic E-state index is 0.0485. The Morgan fingerprint density at radius 2 is 2.00 bits per heavy atom. The van der Waals surface area contributed by atoms with E-state index in [9.17, 15) is 14.7 Å². The van der Waals surface area contributed by atoms with Gasteiger partial charge in [0.1, 0.15) is 0 Å². The molecule has 4 rings (SSSR count). The second kappa shape index (κ2) is 9.50. The monoisotopic (exact) mass is 422 g/mol. The fraction of sp³-hybridized carbons (Fsp3) is 0.480. The number of carboxylic acid groups (broad SMARTS) is 1. The van der Waals surface area contributed by atoms with Crippen LogP contribution in [0.3, 0.4) is 0 Å². The van der Waals surface area contributed by atoms with Crippen LogP contribution < -0.4 is 9.64 Å². The first-order valence-electron chi connectivity index (χ1n) is 11.1. The van der Waals surface area contributed by atoms with Crippen molar-refractivity contribution in [1.29, 1.82) is 0 Å². The molecule has 1 aliphatic carbocycles. The van der Waals surface area contributed by atoms with Crippen LogP contribution in [0.25, 0.3) is 0 Å². The highest BCUT2D eigenvalue weighted by Crippen LogP contribution is 2.44. The van der Waals surface area contributed by atoms with E-state index in [0.29, 0.717) is 24.3 Å². The van der Waals surface area contributed by atoms with Crippen molar-refractivity contribution in [3.8, 4) is 5.88 Å². The molecule has 0 spiro atoms. The maximum absolute atomic E-state index is 11.4. The van der Waals surface area contributed by atoms with Crippen molar-refractivity contribution in [1.82, 2.24) is 4.98 Å². The largest absolute Gasteiger partial charge is 0.481 e. The number of aldehydes is 1. The lowest BCUT2D eigenvalue weighted by molar-refractivity contribution is -0.137. The van der Waals surface area contributed by atoms with Crippen molar-refractivity contribution in [2.75, 3.05) is 24.6 Å². The number of hydrogen-bond donors (Lipinski definition) is 1. The Labute approximate surface area is 183 Å². The second-order valence-electron chi connectivity index (χ2n) is 8.89. The molecule has 2 aromatic rings. The van der Waals surface area contributed by atoms with Gasteiger partial charge in [-0.25, -0.2) is 4.98 Å². The molecule has 1 saturated heterocycles. The van der Waals surface area contributed by atoms with Gasteiger partial charge in [0.2, 0.25) is 5.88 Å². The Balaban J connectivity index is 1.32. The van der Waals surface area contributed by atoms with Gasteiger partial charge in [-0.05, 0) is 79.7 Å². The van der Waals surface area contributed by atoms with Crippen molar-refractivity contribution in [2.45, 2.75) is 44.9 Å². The number of carbonyl (C=O) groups is 2. The zero-order valence-corrected chi connectivity index (χ0v) is 18.0. The number of ether oxygens (including phenoxy) is 1. The Morgan fingerprint density at radius 1 is 1.23 bits per heavy atom. The van der Waals surface area contributed by atoms with E-state index in [2.05, 4.69) is 16.0 Å². The van der Waals surface area contributed by atoms with Gasteiger partial charge in [0.05, 0.1) is 13.0 Å². The van der Waals surface area contributed by atoms with Crippen molar-refractivity contribution in [3.05, 3.63) is 53.2 Å². The van der Waals surface area contributed by atoms with Crippen molar-refractivity contribution >= 4 is 17.9 Å². The molecule has 1 N–H and O–H groups in total. The highest BCUT2D eigenvalue weighted by Gasteiger charge is 2.34. The molecule has 0 amide bonds. The number of piperidine rings is 1. The maximum Gasteiger partial charge on any atom is 0.303 e. The van der Waals surface area contributed by atoms with Crippen LogP contribution in [0.4, 0.5) is 5.69 Å². The van der Waals surface area contributed by atoms with Crippen LogP contribution in [0.1, 0.15) is 59.5 Å². The fourth-order valence-electron chi connectivity index (χ4n) is 4.55. The lowest BCUT2D eigenvalue weighted by Gasteiger charge is -2.34. The maximum atomic E-state index is 11.4. The molecule has 1 unspecified atom stereocenters. The van der Waals surface area contributed by atoms with Gasteiger partial charge < -0.3 is 14.7 Å². The van der Waals surface area contributed by atoms with Gasteiger partial charge in [0.15, 0.2) is 6.29 Å². The zero-order valence-electron chi connectivity index (χ0n) is 18.0. The lowest BCUT2D eigenvalue weighted by atomic mass is 9.92. The van der Waals surface area contributed by atoms with Crippen LogP contribution in [0.15, 0.2) is 36.5 Å². The Morgan fingerprint density at radius 3 is 2.68 bits per heavy atom. The number of carbonyl (C=O) groups excluding carboxylic acids is 1. The van der Waals surface area contributed by atoms with Crippen molar-refractivity contribution < 1.29 is 19.4 Å². The van der Waals surface area contributed by atoms with E-state index in [0.717, 1.165) is 67.4 Å². The number of nitrogens with zero attached hydrogens (tertiary/aromatic N) is 2. The molecule has 0 bridgehead atoms. The summed E-state index contributed by atoms with van der Waals surface area (Å²) in [5.41, 5.74) is 3.94. The van der Waals surface area contributed by atoms with E-state index >= 15 is 0 Å². The number of carboxylic acids is 1. The molecule has 1 aromatic heterocycles. The third kappa shape index (κ3) is 5.43. The number of benzene rings is 1. The summed E-state index contributed by atoms with van der Waals surface area (Å²) in [6, 6.07) is 9.79. The van der Waals surface area contributed by atoms with E-state index in [4.69, 9.17) is 4.74 Å². The molecule has 1 aliphatic heterocycles. The summed E-state index contributed by atoms with van der Waals surface area (Å²) in [6.45, 7) is 4.44. The van der Waals surface area contributed by atoms with Crippen LogP contribution >= 0.6 is 0 Å². The first-order valence-corrected chi connectivity index (χ1v) is 11.1. The number of aliphatic carboxylic acids is 1. The summed E-state index contributed by atoms with van der Waals surface area (Å²) in [7, 11) is 0. The van der Waals surface area contributed by atoms with E-state index < -0.39 is 5.97 Å². The average molecular weight is 423 g/mol. The molecule has 1 atom stereocenters. The molecule has 1 saturated carbocycles. The summed E-state index contributed by atoms with van der Waals surface area (Å²) in [6.07, 6.45) is 7.01. The number of hydrogen-bond acceptors (Lipinski definition) is 5. The topological polar surface area (TPSA) is 79.7 Å². The summed E-state index contributed by atoms with van der Waals surface area (Å²) < 4.78 is 6.01. The van der Waals surface area contributed by atoms with Gasteiger partial charge in [0, 0.05) is 36.6 Å². The van der Waals surface area contributed by atoms with Crippen LogP contribution in [0.2, 0.25) is 0 Å².